The monoisotopic (exact) mass is 406 g/mol. The predicted octanol–water partition coefficient (Wildman–Crippen LogP) is 6.20. The van der Waals surface area contributed by atoms with E-state index in [-0.39, 0.29) is 5.78 Å². The van der Waals surface area contributed by atoms with Gasteiger partial charge in [-0.2, -0.15) is 0 Å². The molecule has 0 atom stereocenters. The average molecular weight is 405 g/mol. The van der Waals surface area contributed by atoms with E-state index in [9.17, 15) is 4.79 Å². The van der Waals surface area contributed by atoms with E-state index in [2.05, 4.69) is 28.3 Å². The summed E-state index contributed by atoms with van der Waals surface area (Å²) in [5, 5.41) is 0. The first-order valence-corrected chi connectivity index (χ1v) is 18.4. The quantitative estimate of drug-likeness (QED) is 0.157. The summed E-state index contributed by atoms with van der Waals surface area (Å²) in [6, 6.07) is 9.69. The van der Waals surface area contributed by atoms with Crippen LogP contribution in [0.1, 0.15) is 49.4 Å². The van der Waals surface area contributed by atoms with E-state index in [4.69, 9.17) is 0 Å². The van der Waals surface area contributed by atoms with Gasteiger partial charge in [-0.1, -0.05) is 0 Å². The van der Waals surface area contributed by atoms with Crippen molar-refractivity contribution < 1.29 is 4.79 Å². The van der Waals surface area contributed by atoms with Crippen LogP contribution in [0.15, 0.2) is 52.1 Å². The third-order valence-electron chi connectivity index (χ3n) is 3.93. The number of unbranched alkanes of at least 4 members (excludes halogenated alkanes) is 3. The molecule has 1 nitrogen and oxygen atoms in total. The molecule has 0 radical (unpaired) electrons. The molecule has 0 aliphatic carbocycles. The van der Waals surface area contributed by atoms with Crippen molar-refractivity contribution in [1.82, 2.24) is 0 Å². The molecule has 120 valence electrons. The van der Waals surface area contributed by atoms with Gasteiger partial charge in [-0.05, 0) is 0 Å². The van der Waals surface area contributed by atoms with Gasteiger partial charge in [0.2, 0.25) is 0 Å². The zero-order chi connectivity index (χ0) is 16.6. The Kier molecular flexibility index (Phi) is 8.16. The van der Waals surface area contributed by atoms with Gasteiger partial charge >= 0.3 is 141 Å². The van der Waals surface area contributed by atoms with Gasteiger partial charge in [0.05, 0.1) is 0 Å². The van der Waals surface area contributed by atoms with Gasteiger partial charge in [-0.3, -0.25) is 0 Å². The number of hydrogen-bond acceptors (Lipinski definition) is 1. The Morgan fingerprint density at radius 2 is 1.73 bits per heavy atom. The summed E-state index contributed by atoms with van der Waals surface area (Å²) in [5.41, 5.74) is 1.84. The van der Waals surface area contributed by atoms with E-state index in [1.165, 1.54) is 22.9 Å². The fourth-order valence-electron chi connectivity index (χ4n) is 2.74. The van der Waals surface area contributed by atoms with Crippen molar-refractivity contribution >= 4 is 24.2 Å². The molecule has 0 bridgehead atoms. The van der Waals surface area contributed by atoms with Crippen molar-refractivity contribution in [2.45, 2.75) is 53.8 Å². The molecule has 0 aromatic heterocycles. The third kappa shape index (κ3) is 5.75. The maximum atomic E-state index is 13.0. The molecule has 0 aliphatic heterocycles. The van der Waals surface area contributed by atoms with Crippen molar-refractivity contribution in [2.75, 3.05) is 0 Å². The first-order valence-electron chi connectivity index (χ1n) is 8.37. The van der Waals surface area contributed by atoms with E-state index in [1.54, 1.807) is 0 Å². The molecule has 0 spiro atoms. The first kappa shape index (κ1) is 19.2. The van der Waals surface area contributed by atoms with Gasteiger partial charge in [0, 0.05) is 0 Å². The molecular weight excluding hydrogens is 375 g/mol. The van der Waals surface area contributed by atoms with Gasteiger partial charge in [0.25, 0.3) is 0 Å². The Morgan fingerprint density at radius 3 is 2.23 bits per heavy atom. The van der Waals surface area contributed by atoms with Crippen LogP contribution >= 0.6 is 0 Å². The van der Waals surface area contributed by atoms with Gasteiger partial charge in [-0.15, -0.1) is 0 Å². The summed E-state index contributed by atoms with van der Waals surface area (Å²) >= 11 is -2.35. The van der Waals surface area contributed by atoms with E-state index >= 15 is 0 Å². The van der Waals surface area contributed by atoms with Crippen LogP contribution in [0.4, 0.5) is 0 Å². The van der Waals surface area contributed by atoms with Crippen LogP contribution in [0, 0.1) is 0 Å². The minimum atomic E-state index is -2.35. The molecule has 0 fully saturated rings. The maximum absolute atomic E-state index is 13.0. The zero-order valence-electron chi connectivity index (χ0n) is 14.6. The Hall–Kier alpha value is -0.831. The topological polar surface area (TPSA) is 17.1 Å². The number of benzene rings is 1. The van der Waals surface area contributed by atoms with Crippen LogP contribution in [-0.4, -0.2) is 24.2 Å². The fourth-order valence-corrected chi connectivity index (χ4v) is 7.76. The molecule has 0 heterocycles. The Bertz CT molecular complexity index is 520. The Morgan fingerprint density at radius 1 is 1.09 bits per heavy atom. The van der Waals surface area contributed by atoms with Crippen molar-refractivity contribution in [3.8, 4) is 0 Å². The summed E-state index contributed by atoms with van der Waals surface area (Å²) in [5.74, 6) is 0.207. The number of Topliss-reactive ketones (excluding diaryl/α,β-unsaturated/α-hetero) is 1. The average Bonchev–Trinajstić information content (AvgIpc) is 2.49. The van der Waals surface area contributed by atoms with Crippen LogP contribution in [0.25, 0.3) is 0 Å². The van der Waals surface area contributed by atoms with Crippen LogP contribution in [0.3, 0.4) is 0 Å². The van der Waals surface area contributed by atoms with Gasteiger partial charge in [0.15, 0.2) is 0 Å². The fraction of sp³-hybridized carbons (Fsp3) is 0.450. The molecule has 1 aromatic rings. The second kappa shape index (κ2) is 9.34. The summed E-state index contributed by atoms with van der Waals surface area (Å²) in [6.07, 6.45) is 7.62. The summed E-state index contributed by atoms with van der Waals surface area (Å²) in [7, 11) is 0. The van der Waals surface area contributed by atoms with E-state index in [0.29, 0.717) is 0 Å². The van der Waals surface area contributed by atoms with Crippen molar-refractivity contribution in [2.24, 2.45) is 0 Å². The number of carbonyl (C=O) groups excluding carboxylic acids is 1. The predicted molar refractivity (Wildman–Crippen MR) is 100 cm³/mol. The van der Waals surface area contributed by atoms with E-state index in [1.807, 2.05) is 36.4 Å². The molecule has 22 heavy (non-hydrogen) atoms. The normalized spacial score (nSPS) is 12.7. The number of carbonyl (C=O) groups is 1. The van der Waals surface area contributed by atoms with Crippen molar-refractivity contribution in [3.05, 3.63) is 57.7 Å². The van der Waals surface area contributed by atoms with Gasteiger partial charge < -0.3 is 0 Å². The van der Waals surface area contributed by atoms with Crippen molar-refractivity contribution in [1.29, 1.82) is 0 Å². The molecule has 2 heteroatoms. The third-order valence-corrected chi connectivity index (χ3v) is 9.98. The zero-order valence-corrected chi connectivity index (χ0v) is 17.5. The molecule has 0 unspecified atom stereocenters. The SMILES string of the molecule is C=C/[C](=C(/CCCCCC)C(=O)c1ccccc1)[Sn]([CH3])([CH3])[CH3]. The summed E-state index contributed by atoms with van der Waals surface area (Å²) < 4.78 is 1.29. The van der Waals surface area contributed by atoms with Gasteiger partial charge in [-0.25, -0.2) is 0 Å². The minimum absolute atomic E-state index is 0.207. The molecule has 0 N–H and O–H groups in total. The Labute approximate surface area is 140 Å². The van der Waals surface area contributed by atoms with Crippen LogP contribution < -0.4 is 0 Å². The number of hydrogen-bond donors (Lipinski definition) is 0. The van der Waals surface area contributed by atoms with Crippen LogP contribution in [-0.2, 0) is 0 Å². The summed E-state index contributed by atoms with van der Waals surface area (Å²) in [6.45, 7) is 6.23. The molecule has 0 saturated heterocycles. The van der Waals surface area contributed by atoms with Crippen LogP contribution in [0.5, 0.6) is 0 Å². The second-order valence-electron chi connectivity index (χ2n) is 6.85. The molecular formula is C20H30OSn. The second-order valence-corrected chi connectivity index (χ2v) is 21.2. The molecule has 0 aliphatic rings. The molecule has 1 aromatic carbocycles. The molecule has 0 amide bonds. The van der Waals surface area contributed by atoms with E-state index < -0.39 is 18.4 Å². The standard InChI is InChI=1S/C17H21O.3CH3.Sn/c1-3-5-6-8-12-15(11-4-2)17(18)16-13-9-7-10-14-16;;;;/h4,7,9-10,13-14H,2-3,5-6,8,12H2,1H3;3*1H3;. The number of ketones is 1. The number of rotatable bonds is 9. The Balaban J connectivity index is 3.13. The molecule has 1 rings (SSSR count). The van der Waals surface area contributed by atoms with Crippen molar-refractivity contribution in [3.63, 3.8) is 0 Å². The first-order chi connectivity index (χ1) is 10.4. The van der Waals surface area contributed by atoms with Crippen LogP contribution in [0.2, 0.25) is 14.8 Å². The number of allylic oxidation sites excluding steroid dienone is 3. The van der Waals surface area contributed by atoms with E-state index in [0.717, 1.165) is 24.0 Å². The molecule has 0 saturated carbocycles. The van der Waals surface area contributed by atoms with Gasteiger partial charge in [0.1, 0.15) is 0 Å². The summed E-state index contributed by atoms with van der Waals surface area (Å²) in [4.78, 5) is 20.1.